The first kappa shape index (κ1) is 33.1. The summed E-state index contributed by atoms with van der Waals surface area (Å²) in [6, 6.07) is 25.7. The van der Waals surface area contributed by atoms with Gasteiger partial charge in [-0.1, -0.05) is 71.8 Å². The molecule has 0 amide bonds. The lowest BCUT2D eigenvalue weighted by Crippen LogP contribution is -2.36. The number of nitrogens with zero attached hydrogens (tertiary/aromatic N) is 2. The minimum Gasteiger partial charge on any atom is -0.480 e. The number of carboxylic acids is 2. The molecular formula is C32H27ClN2O8S3. The van der Waals surface area contributed by atoms with Gasteiger partial charge in [0.15, 0.2) is 0 Å². The molecule has 0 radical (unpaired) electrons. The number of hydrogen-bond acceptors (Lipinski definition) is 7. The summed E-state index contributed by atoms with van der Waals surface area (Å²) in [6.07, 6.45) is 0. The Hall–Kier alpha value is -4.27. The zero-order valence-electron chi connectivity index (χ0n) is 24.2. The van der Waals surface area contributed by atoms with Crippen molar-refractivity contribution in [2.24, 2.45) is 0 Å². The van der Waals surface area contributed by atoms with Crippen molar-refractivity contribution >= 4 is 70.7 Å². The molecule has 0 spiro atoms. The average Bonchev–Trinajstić information content (AvgIpc) is 3.45. The highest BCUT2D eigenvalue weighted by Crippen LogP contribution is 2.41. The maximum absolute atomic E-state index is 13.9. The van der Waals surface area contributed by atoms with E-state index >= 15 is 0 Å². The molecule has 0 aliphatic heterocycles. The molecule has 2 N–H and O–H groups in total. The maximum Gasteiger partial charge on any atom is 0.324 e. The Morgan fingerprint density at radius 3 is 1.91 bits per heavy atom. The van der Waals surface area contributed by atoms with Gasteiger partial charge in [0, 0.05) is 16.8 Å². The van der Waals surface area contributed by atoms with Crippen LogP contribution in [0.25, 0.3) is 21.2 Å². The van der Waals surface area contributed by atoms with E-state index in [0.29, 0.717) is 9.58 Å². The molecular weight excluding hydrogens is 672 g/mol. The van der Waals surface area contributed by atoms with Gasteiger partial charge in [0.25, 0.3) is 10.0 Å². The molecule has 0 saturated heterocycles. The fourth-order valence-electron chi connectivity index (χ4n) is 4.83. The second kappa shape index (κ2) is 13.2. The summed E-state index contributed by atoms with van der Waals surface area (Å²) < 4.78 is 56.7. The van der Waals surface area contributed by atoms with Gasteiger partial charge in [0.2, 0.25) is 10.0 Å². The van der Waals surface area contributed by atoms with Gasteiger partial charge in [-0.3, -0.25) is 13.9 Å². The van der Waals surface area contributed by atoms with E-state index in [9.17, 15) is 36.6 Å². The smallest absolute Gasteiger partial charge is 0.324 e. The van der Waals surface area contributed by atoms with E-state index in [0.717, 1.165) is 36.6 Å². The summed E-state index contributed by atoms with van der Waals surface area (Å²) in [5.41, 5.74) is 2.48. The second-order valence-electron chi connectivity index (χ2n) is 10.3. The van der Waals surface area contributed by atoms with Crippen LogP contribution in [0.2, 0.25) is 5.02 Å². The minimum atomic E-state index is -4.41. The van der Waals surface area contributed by atoms with E-state index in [-0.39, 0.29) is 32.4 Å². The summed E-state index contributed by atoms with van der Waals surface area (Å²) in [5, 5.41) is 19.8. The number of fused-ring (bicyclic) bond motifs is 1. The average molecular weight is 699 g/mol. The number of aliphatic carboxylic acids is 2. The van der Waals surface area contributed by atoms with Crippen LogP contribution in [0.4, 0.5) is 5.69 Å². The molecule has 1 aromatic heterocycles. The lowest BCUT2D eigenvalue weighted by molar-refractivity contribution is -0.137. The maximum atomic E-state index is 13.9. The van der Waals surface area contributed by atoms with Crippen LogP contribution in [-0.2, 0) is 36.2 Å². The number of carbonyl (C=O) groups is 2. The predicted molar refractivity (Wildman–Crippen MR) is 177 cm³/mol. The lowest BCUT2D eigenvalue weighted by atomic mass is 10.1. The van der Waals surface area contributed by atoms with Crippen LogP contribution >= 0.6 is 22.9 Å². The highest BCUT2D eigenvalue weighted by atomic mass is 35.5. The summed E-state index contributed by atoms with van der Waals surface area (Å²) in [5.74, 6) is -2.77. The molecule has 1 heterocycles. The molecule has 4 aromatic carbocycles. The minimum absolute atomic E-state index is 0.0163. The standard InChI is InChI=1S/C32H27ClN2O8S3/c1-21-7-11-25(12-8-21)45(40,41)34(19-30(36)37)18-24-17-27-29(16-15-28(33)32(27)44-24)35(20-31(38)39)46(42,43)26-13-9-23(10-14-26)22-5-3-2-4-6-22/h2-17H,18-20H2,1H3,(H,36,37)(H,38,39). The van der Waals surface area contributed by atoms with Gasteiger partial charge < -0.3 is 10.2 Å². The number of carboxylic acid groups (broad SMARTS) is 2. The van der Waals surface area contributed by atoms with Gasteiger partial charge >= 0.3 is 11.9 Å². The highest BCUT2D eigenvalue weighted by Gasteiger charge is 2.31. The third-order valence-electron chi connectivity index (χ3n) is 7.06. The number of sulfonamides is 2. The molecule has 0 atom stereocenters. The quantitative estimate of drug-likeness (QED) is 0.159. The largest absolute Gasteiger partial charge is 0.480 e. The van der Waals surface area contributed by atoms with Crippen molar-refractivity contribution in [2.75, 3.05) is 17.4 Å². The van der Waals surface area contributed by atoms with E-state index in [4.69, 9.17) is 11.6 Å². The number of thiophene rings is 1. The zero-order chi connectivity index (χ0) is 33.2. The van der Waals surface area contributed by atoms with E-state index in [1.54, 1.807) is 31.2 Å². The first-order valence-electron chi connectivity index (χ1n) is 13.7. The molecule has 5 aromatic rings. The van der Waals surface area contributed by atoms with Gasteiger partial charge in [-0.25, -0.2) is 16.8 Å². The van der Waals surface area contributed by atoms with Crippen LogP contribution in [-0.4, -0.2) is 56.4 Å². The van der Waals surface area contributed by atoms with Crippen LogP contribution in [0, 0.1) is 6.92 Å². The van der Waals surface area contributed by atoms with Crippen molar-refractivity contribution in [1.29, 1.82) is 0 Å². The molecule has 0 unspecified atom stereocenters. The fraction of sp³-hybridized carbons (Fsp3) is 0.125. The Balaban J connectivity index is 1.56. The fourth-order valence-corrected chi connectivity index (χ4v) is 9.09. The number of aryl methyl sites for hydroxylation is 1. The number of rotatable bonds is 12. The van der Waals surface area contributed by atoms with Gasteiger partial charge in [0.05, 0.1) is 25.2 Å². The van der Waals surface area contributed by atoms with Crippen molar-refractivity contribution in [1.82, 2.24) is 4.31 Å². The van der Waals surface area contributed by atoms with Crippen LogP contribution < -0.4 is 4.31 Å². The Bertz CT molecular complexity index is 2130. The Kier molecular flexibility index (Phi) is 9.52. The molecule has 14 heteroatoms. The van der Waals surface area contributed by atoms with Crippen LogP contribution in [0.5, 0.6) is 0 Å². The van der Waals surface area contributed by atoms with E-state index < -0.39 is 45.1 Å². The SMILES string of the molecule is Cc1ccc(S(=O)(=O)N(CC(=O)O)Cc2cc3c(N(CC(=O)O)S(=O)(=O)c4ccc(-c5ccccc5)cc4)ccc(Cl)c3s2)cc1. The zero-order valence-corrected chi connectivity index (χ0v) is 27.4. The van der Waals surface area contributed by atoms with Gasteiger partial charge in [-0.2, -0.15) is 4.31 Å². The molecule has 0 aliphatic carbocycles. The van der Waals surface area contributed by atoms with Crippen molar-refractivity contribution in [3.63, 3.8) is 0 Å². The normalized spacial score (nSPS) is 12.0. The topological polar surface area (TPSA) is 149 Å². The van der Waals surface area contributed by atoms with Crippen molar-refractivity contribution in [3.05, 3.63) is 113 Å². The number of benzene rings is 4. The Morgan fingerprint density at radius 2 is 1.30 bits per heavy atom. The molecule has 0 aliphatic rings. The summed E-state index contributed by atoms with van der Waals surface area (Å²) in [7, 11) is -8.66. The number of halogens is 1. The van der Waals surface area contributed by atoms with Crippen LogP contribution in [0.15, 0.2) is 107 Å². The number of anilines is 1. The monoisotopic (exact) mass is 698 g/mol. The summed E-state index contributed by atoms with van der Waals surface area (Å²) in [6.45, 7) is -0.303. The van der Waals surface area contributed by atoms with Crippen molar-refractivity contribution in [3.8, 4) is 11.1 Å². The molecule has 0 saturated carbocycles. The highest BCUT2D eigenvalue weighted by molar-refractivity contribution is 7.93. The summed E-state index contributed by atoms with van der Waals surface area (Å²) in [4.78, 5) is 23.8. The first-order valence-corrected chi connectivity index (χ1v) is 17.7. The molecule has 5 rings (SSSR count). The molecule has 46 heavy (non-hydrogen) atoms. The van der Waals surface area contributed by atoms with Gasteiger partial charge in [-0.05, 0) is 60.5 Å². The summed E-state index contributed by atoms with van der Waals surface area (Å²) >= 11 is 7.53. The van der Waals surface area contributed by atoms with Crippen LogP contribution in [0.3, 0.4) is 0 Å². The van der Waals surface area contributed by atoms with Gasteiger partial charge in [0.1, 0.15) is 13.1 Å². The van der Waals surface area contributed by atoms with Gasteiger partial charge in [-0.15, -0.1) is 11.3 Å². The van der Waals surface area contributed by atoms with Crippen molar-refractivity contribution < 1.29 is 36.6 Å². The van der Waals surface area contributed by atoms with Crippen molar-refractivity contribution in [2.45, 2.75) is 23.3 Å². The Morgan fingerprint density at radius 1 is 0.739 bits per heavy atom. The first-order chi connectivity index (χ1) is 21.8. The molecule has 0 fully saturated rings. The third-order valence-corrected chi connectivity index (χ3v) is 12.2. The molecule has 238 valence electrons. The lowest BCUT2D eigenvalue weighted by Gasteiger charge is -2.24. The predicted octanol–water partition coefficient (Wildman–Crippen LogP) is 6.09. The van der Waals surface area contributed by atoms with E-state index in [1.807, 2.05) is 30.3 Å². The Labute approximate surface area is 274 Å². The van der Waals surface area contributed by atoms with Crippen LogP contribution in [0.1, 0.15) is 10.4 Å². The molecule has 0 bridgehead atoms. The van der Waals surface area contributed by atoms with E-state index in [1.165, 1.54) is 42.5 Å². The van der Waals surface area contributed by atoms with E-state index in [2.05, 4.69) is 0 Å². The molecule has 10 nitrogen and oxygen atoms in total. The second-order valence-corrected chi connectivity index (χ2v) is 15.6. The number of hydrogen-bond donors (Lipinski definition) is 2. The third kappa shape index (κ3) is 6.93.